The number of fused-ring (bicyclic) bond motifs is 2. The maximum atomic E-state index is 12.2. The molecule has 0 saturated heterocycles. The molecule has 0 saturated carbocycles. The van der Waals surface area contributed by atoms with Gasteiger partial charge in [-0.25, -0.2) is 4.98 Å². The molecule has 0 fully saturated rings. The molecule has 1 aromatic carbocycles. The topological polar surface area (TPSA) is 33.2 Å². The summed E-state index contributed by atoms with van der Waals surface area (Å²) in [5.74, 6) is -0.00611. The molecule has 0 aliphatic carbocycles. The summed E-state index contributed by atoms with van der Waals surface area (Å²) in [4.78, 5) is 18.5. The van der Waals surface area contributed by atoms with Crippen molar-refractivity contribution in [1.82, 2.24) is 9.88 Å². The van der Waals surface area contributed by atoms with E-state index in [0.29, 0.717) is 23.7 Å². The van der Waals surface area contributed by atoms with Crippen LogP contribution in [-0.2, 0) is 6.54 Å². The summed E-state index contributed by atoms with van der Waals surface area (Å²) in [6, 6.07) is 5.94. The van der Waals surface area contributed by atoms with Crippen molar-refractivity contribution in [2.24, 2.45) is 0 Å². The second kappa shape index (κ2) is 3.95. The lowest BCUT2D eigenvalue weighted by Crippen LogP contribution is -2.23. The number of rotatable bonds is 1. The highest BCUT2D eigenvalue weighted by Crippen LogP contribution is 2.33. The van der Waals surface area contributed by atoms with Crippen molar-refractivity contribution in [3.05, 3.63) is 40.0 Å². The predicted octanol–water partition coefficient (Wildman–Crippen LogP) is 3.17. The molecule has 1 amide bonds. The van der Waals surface area contributed by atoms with Crippen molar-refractivity contribution in [3.63, 3.8) is 0 Å². The van der Waals surface area contributed by atoms with Crippen molar-refractivity contribution in [2.45, 2.75) is 20.4 Å². The Balaban J connectivity index is 2.31. The van der Waals surface area contributed by atoms with Crippen LogP contribution in [0.1, 0.15) is 28.5 Å². The number of benzene rings is 1. The molecule has 18 heavy (non-hydrogen) atoms. The van der Waals surface area contributed by atoms with Crippen LogP contribution < -0.4 is 0 Å². The highest BCUT2D eigenvalue weighted by atomic mass is 35.5. The summed E-state index contributed by atoms with van der Waals surface area (Å²) in [6.45, 7) is 5.21. The number of amides is 1. The second-order valence-corrected chi connectivity index (χ2v) is 4.97. The average Bonchev–Trinajstić information content (AvgIpc) is 2.67. The Kier molecular flexibility index (Phi) is 2.52. The third kappa shape index (κ3) is 1.51. The van der Waals surface area contributed by atoms with Crippen LogP contribution >= 0.6 is 11.6 Å². The van der Waals surface area contributed by atoms with Crippen LogP contribution in [-0.4, -0.2) is 22.3 Å². The number of aryl methyl sites for hydroxylation is 1. The summed E-state index contributed by atoms with van der Waals surface area (Å²) in [5, 5.41) is 1.40. The van der Waals surface area contributed by atoms with Crippen molar-refractivity contribution >= 4 is 28.4 Å². The van der Waals surface area contributed by atoms with Crippen molar-refractivity contribution in [3.8, 4) is 0 Å². The van der Waals surface area contributed by atoms with Crippen LogP contribution in [0.25, 0.3) is 10.9 Å². The Hall–Kier alpha value is -1.61. The van der Waals surface area contributed by atoms with E-state index in [0.717, 1.165) is 22.2 Å². The van der Waals surface area contributed by atoms with E-state index in [1.54, 1.807) is 4.90 Å². The molecular formula is C14H13ClN2O. The van der Waals surface area contributed by atoms with Crippen molar-refractivity contribution in [2.75, 3.05) is 6.54 Å². The lowest BCUT2D eigenvalue weighted by Gasteiger charge is -2.10. The summed E-state index contributed by atoms with van der Waals surface area (Å²) >= 11 is 6.39. The van der Waals surface area contributed by atoms with Gasteiger partial charge in [0, 0.05) is 11.9 Å². The minimum Gasteiger partial charge on any atom is -0.333 e. The molecule has 0 N–H and O–H groups in total. The number of pyridine rings is 1. The molecule has 0 atom stereocenters. The SMILES string of the molecule is CCN1Cc2nc3ccc(C)cc3c(Cl)c2C1=O. The molecule has 0 bridgehead atoms. The molecule has 4 heteroatoms. The molecular weight excluding hydrogens is 248 g/mol. The first-order valence-corrected chi connectivity index (χ1v) is 6.37. The van der Waals surface area contributed by atoms with Gasteiger partial charge in [-0.2, -0.15) is 0 Å². The van der Waals surface area contributed by atoms with Gasteiger partial charge in [0.2, 0.25) is 0 Å². The van der Waals surface area contributed by atoms with Crippen LogP contribution in [0.15, 0.2) is 18.2 Å². The Morgan fingerprint density at radius 1 is 1.44 bits per heavy atom. The molecule has 1 aliphatic rings. The molecule has 92 valence electrons. The minimum atomic E-state index is -0.00611. The maximum absolute atomic E-state index is 12.2. The number of carbonyl (C=O) groups excluding carboxylic acids is 1. The fourth-order valence-electron chi connectivity index (χ4n) is 2.38. The summed E-state index contributed by atoms with van der Waals surface area (Å²) in [5.41, 5.74) is 3.35. The Labute approximate surface area is 110 Å². The normalized spacial score (nSPS) is 14.4. The number of hydrogen-bond donors (Lipinski definition) is 0. The van der Waals surface area contributed by atoms with Crippen LogP contribution in [0.4, 0.5) is 0 Å². The third-order valence-corrected chi connectivity index (χ3v) is 3.77. The van der Waals surface area contributed by atoms with Gasteiger partial charge in [0.25, 0.3) is 5.91 Å². The fraction of sp³-hybridized carbons (Fsp3) is 0.286. The van der Waals surface area contributed by atoms with Gasteiger partial charge in [-0.3, -0.25) is 4.79 Å². The number of hydrogen-bond acceptors (Lipinski definition) is 2. The summed E-state index contributed by atoms with van der Waals surface area (Å²) in [7, 11) is 0. The standard InChI is InChI=1S/C14H13ClN2O/c1-3-17-7-11-12(14(17)18)13(15)9-6-8(2)4-5-10(9)16-11/h4-6H,3,7H2,1-2H3. The monoisotopic (exact) mass is 260 g/mol. The molecule has 0 unspecified atom stereocenters. The van der Waals surface area contributed by atoms with E-state index in [9.17, 15) is 4.79 Å². The quantitative estimate of drug-likeness (QED) is 0.789. The van der Waals surface area contributed by atoms with E-state index in [2.05, 4.69) is 4.98 Å². The Bertz CT molecular complexity index is 666. The number of aromatic nitrogens is 1. The number of carbonyl (C=O) groups is 1. The van der Waals surface area contributed by atoms with Gasteiger partial charge >= 0.3 is 0 Å². The highest BCUT2D eigenvalue weighted by Gasteiger charge is 2.31. The third-order valence-electron chi connectivity index (χ3n) is 3.38. The smallest absolute Gasteiger partial charge is 0.257 e. The largest absolute Gasteiger partial charge is 0.333 e. The predicted molar refractivity (Wildman–Crippen MR) is 71.9 cm³/mol. The highest BCUT2D eigenvalue weighted by molar-refractivity contribution is 6.38. The molecule has 0 spiro atoms. The molecule has 1 aromatic heterocycles. The maximum Gasteiger partial charge on any atom is 0.257 e. The van der Waals surface area contributed by atoms with Gasteiger partial charge in [0.05, 0.1) is 28.3 Å². The fourth-order valence-corrected chi connectivity index (χ4v) is 2.72. The van der Waals surface area contributed by atoms with Crippen LogP contribution in [0, 0.1) is 6.92 Å². The van der Waals surface area contributed by atoms with E-state index < -0.39 is 0 Å². The molecule has 3 rings (SSSR count). The molecule has 2 heterocycles. The zero-order chi connectivity index (χ0) is 12.9. The lowest BCUT2D eigenvalue weighted by molar-refractivity contribution is 0.0787. The van der Waals surface area contributed by atoms with E-state index >= 15 is 0 Å². The zero-order valence-corrected chi connectivity index (χ0v) is 11.1. The van der Waals surface area contributed by atoms with Crippen molar-refractivity contribution in [1.29, 1.82) is 0 Å². The van der Waals surface area contributed by atoms with Gasteiger partial charge < -0.3 is 4.90 Å². The second-order valence-electron chi connectivity index (χ2n) is 4.59. The number of nitrogens with zero attached hydrogens (tertiary/aromatic N) is 2. The van der Waals surface area contributed by atoms with E-state index in [1.165, 1.54) is 0 Å². The molecule has 1 aliphatic heterocycles. The first kappa shape index (κ1) is 11.5. The van der Waals surface area contributed by atoms with E-state index in [1.807, 2.05) is 32.0 Å². The Morgan fingerprint density at radius 3 is 2.94 bits per heavy atom. The van der Waals surface area contributed by atoms with Gasteiger partial charge in [-0.05, 0) is 26.0 Å². The molecule has 2 aromatic rings. The van der Waals surface area contributed by atoms with Crippen LogP contribution in [0.3, 0.4) is 0 Å². The van der Waals surface area contributed by atoms with Gasteiger partial charge in [-0.15, -0.1) is 0 Å². The lowest BCUT2D eigenvalue weighted by atomic mass is 10.1. The summed E-state index contributed by atoms with van der Waals surface area (Å²) < 4.78 is 0. The molecule has 3 nitrogen and oxygen atoms in total. The Morgan fingerprint density at radius 2 is 2.22 bits per heavy atom. The van der Waals surface area contributed by atoms with Gasteiger partial charge in [0.15, 0.2) is 0 Å². The van der Waals surface area contributed by atoms with E-state index in [4.69, 9.17) is 11.6 Å². The van der Waals surface area contributed by atoms with Gasteiger partial charge in [-0.1, -0.05) is 23.2 Å². The first-order valence-electron chi connectivity index (χ1n) is 6.00. The summed E-state index contributed by atoms with van der Waals surface area (Å²) in [6.07, 6.45) is 0. The minimum absolute atomic E-state index is 0.00611. The molecule has 0 radical (unpaired) electrons. The van der Waals surface area contributed by atoms with Crippen LogP contribution in [0.2, 0.25) is 5.02 Å². The first-order chi connectivity index (χ1) is 8.61. The average molecular weight is 261 g/mol. The van der Waals surface area contributed by atoms with Crippen molar-refractivity contribution < 1.29 is 4.79 Å². The zero-order valence-electron chi connectivity index (χ0n) is 10.3. The number of halogens is 1. The van der Waals surface area contributed by atoms with Crippen LogP contribution in [0.5, 0.6) is 0 Å². The van der Waals surface area contributed by atoms with Gasteiger partial charge in [0.1, 0.15) is 0 Å². The van der Waals surface area contributed by atoms with E-state index in [-0.39, 0.29) is 5.91 Å².